The van der Waals surface area contributed by atoms with Crippen LogP contribution in [0.5, 0.6) is 0 Å². The zero-order valence-electron chi connectivity index (χ0n) is 12.2. The van der Waals surface area contributed by atoms with Crippen molar-refractivity contribution in [3.8, 4) is 0 Å². The second-order valence-corrected chi connectivity index (χ2v) is 5.59. The number of nitrogens with zero attached hydrogens (tertiary/aromatic N) is 2. The molecule has 5 nitrogen and oxygen atoms in total. The number of rotatable bonds is 5. The maximum absolute atomic E-state index is 5.99. The first-order valence-electron chi connectivity index (χ1n) is 7.32. The molecular formula is C14H25N3O2. The van der Waals surface area contributed by atoms with Gasteiger partial charge < -0.3 is 15.0 Å². The van der Waals surface area contributed by atoms with Crippen molar-refractivity contribution in [3.63, 3.8) is 0 Å². The monoisotopic (exact) mass is 267 g/mol. The Morgan fingerprint density at radius 2 is 2.00 bits per heavy atom. The number of hydrogen-bond acceptors (Lipinski definition) is 5. The summed E-state index contributed by atoms with van der Waals surface area (Å²) in [6.07, 6.45) is 5.54. The summed E-state index contributed by atoms with van der Waals surface area (Å²) in [7, 11) is 0. The van der Waals surface area contributed by atoms with Gasteiger partial charge in [0.1, 0.15) is 5.60 Å². The molecular weight excluding hydrogens is 242 g/mol. The lowest BCUT2D eigenvalue weighted by atomic mass is 9.84. The number of nitrogens with two attached hydrogens (primary N) is 1. The van der Waals surface area contributed by atoms with Crippen LogP contribution in [0.4, 0.5) is 0 Å². The summed E-state index contributed by atoms with van der Waals surface area (Å²) in [4.78, 5) is 4.56. The van der Waals surface area contributed by atoms with E-state index in [1.54, 1.807) is 0 Å². The highest BCUT2D eigenvalue weighted by atomic mass is 16.5. The van der Waals surface area contributed by atoms with Crippen LogP contribution in [0.3, 0.4) is 0 Å². The van der Waals surface area contributed by atoms with Crippen molar-refractivity contribution in [2.45, 2.75) is 70.4 Å². The lowest BCUT2D eigenvalue weighted by Crippen LogP contribution is -2.33. The van der Waals surface area contributed by atoms with Crippen molar-refractivity contribution < 1.29 is 9.26 Å². The predicted molar refractivity (Wildman–Crippen MR) is 72.8 cm³/mol. The fraction of sp³-hybridized carbons (Fsp3) is 0.857. The Kier molecular flexibility index (Phi) is 4.58. The van der Waals surface area contributed by atoms with E-state index in [-0.39, 0.29) is 17.6 Å². The van der Waals surface area contributed by atoms with Gasteiger partial charge >= 0.3 is 0 Å². The molecule has 0 aromatic carbocycles. The zero-order chi connectivity index (χ0) is 13.9. The molecule has 0 aliphatic heterocycles. The van der Waals surface area contributed by atoms with Gasteiger partial charge in [-0.15, -0.1) is 0 Å². The highest BCUT2D eigenvalue weighted by Gasteiger charge is 2.39. The third-order valence-corrected chi connectivity index (χ3v) is 4.11. The Morgan fingerprint density at radius 3 is 2.58 bits per heavy atom. The highest BCUT2D eigenvalue weighted by Crippen LogP contribution is 2.39. The maximum atomic E-state index is 5.99. The zero-order valence-corrected chi connectivity index (χ0v) is 12.2. The van der Waals surface area contributed by atoms with E-state index in [0.29, 0.717) is 18.3 Å². The topological polar surface area (TPSA) is 74.2 Å². The Morgan fingerprint density at radius 1 is 1.32 bits per heavy atom. The minimum atomic E-state index is -0.341. The second kappa shape index (κ2) is 6.01. The average molecular weight is 267 g/mol. The van der Waals surface area contributed by atoms with Crippen LogP contribution in [-0.4, -0.2) is 22.8 Å². The van der Waals surface area contributed by atoms with E-state index in [2.05, 4.69) is 10.1 Å². The van der Waals surface area contributed by atoms with Gasteiger partial charge in [-0.3, -0.25) is 0 Å². The standard InChI is InChI=1S/C14H25N3O2/c1-4-18-14(8-6-5-7-9-14)13-16-12(19-17-13)10(2)11(3)15/h10-11H,4-9,15H2,1-3H3. The Balaban J connectivity index is 2.23. The van der Waals surface area contributed by atoms with Gasteiger partial charge in [0.2, 0.25) is 11.7 Å². The van der Waals surface area contributed by atoms with Crippen LogP contribution in [0.15, 0.2) is 4.52 Å². The smallest absolute Gasteiger partial charge is 0.231 e. The number of ether oxygens (including phenoxy) is 1. The second-order valence-electron chi connectivity index (χ2n) is 5.59. The molecule has 0 amide bonds. The number of hydrogen-bond donors (Lipinski definition) is 1. The SMILES string of the molecule is CCOC1(c2noc(C(C)C(C)N)n2)CCCCC1. The summed E-state index contributed by atoms with van der Waals surface area (Å²) in [5, 5.41) is 4.17. The third kappa shape index (κ3) is 2.98. The van der Waals surface area contributed by atoms with Gasteiger partial charge in [0.25, 0.3) is 0 Å². The molecule has 1 heterocycles. The third-order valence-electron chi connectivity index (χ3n) is 4.11. The summed E-state index contributed by atoms with van der Waals surface area (Å²) >= 11 is 0. The molecule has 0 bridgehead atoms. The molecule has 2 unspecified atom stereocenters. The van der Waals surface area contributed by atoms with Crippen molar-refractivity contribution in [2.24, 2.45) is 5.73 Å². The molecule has 2 rings (SSSR count). The van der Waals surface area contributed by atoms with E-state index >= 15 is 0 Å². The van der Waals surface area contributed by atoms with Crippen molar-refractivity contribution in [1.82, 2.24) is 10.1 Å². The highest BCUT2D eigenvalue weighted by molar-refractivity contribution is 5.05. The molecule has 1 aliphatic rings. The molecule has 19 heavy (non-hydrogen) atoms. The molecule has 5 heteroatoms. The van der Waals surface area contributed by atoms with E-state index < -0.39 is 0 Å². The first kappa shape index (κ1) is 14.5. The van der Waals surface area contributed by atoms with Gasteiger partial charge in [0.15, 0.2) is 0 Å². The predicted octanol–water partition coefficient (Wildman–Crippen LogP) is 2.72. The number of aromatic nitrogens is 2. The Bertz CT molecular complexity index is 392. The summed E-state index contributed by atoms with van der Waals surface area (Å²) < 4.78 is 11.4. The van der Waals surface area contributed by atoms with E-state index in [9.17, 15) is 0 Å². The first-order valence-corrected chi connectivity index (χ1v) is 7.32. The molecule has 0 radical (unpaired) electrons. The van der Waals surface area contributed by atoms with E-state index in [1.165, 1.54) is 6.42 Å². The average Bonchev–Trinajstić information content (AvgIpc) is 2.89. The van der Waals surface area contributed by atoms with E-state index in [4.69, 9.17) is 15.0 Å². The lowest BCUT2D eigenvalue weighted by Gasteiger charge is -2.33. The fourth-order valence-corrected chi connectivity index (χ4v) is 2.66. The van der Waals surface area contributed by atoms with Crippen LogP contribution in [0.25, 0.3) is 0 Å². The summed E-state index contributed by atoms with van der Waals surface area (Å²) in [6.45, 7) is 6.65. The van der Waals surface area contributed by atoms with Gasteiger partial charge in [-0.25, -0.2) is 0 Å². The summed E-state index contributed by atoms with van der Waals surface area (Å²) in [6, 6.07) is 0.00250. The lowest BCUT2D eigenvalue weighted by molar-refractivity contribution is -0.0777. The molecule has 1 aromatic heterocycles. The fourth-order valence-electron chi connectivity index (χ4n) is 2.66. The van der Waals surface area contributed by atoms with Crippen molar-refractivity contribution in [1.29, 1.82) is 0 Å². The van der Waals surface area contributed by atoms with Gasteiger partial charge in [-0.05, 0) is 26.7 Å². The minimum Gasteiger partial charge on any atom is -0.367 e. The Labute approximate surface area is 114 Å². The van der Waals surface area contributed by atoms with Gasteiger partial charge in [-0.1, -0.05) is 31.3 Å². The molecule has 1 fully saturated rings. The van der Waals surface area contributed by atoms with Crippen LogP contribution < -0.4 is 5.73 Å². The van der Waals surface area contributed by atoms with E-state index in [1.807, 2.05) is 20.8 Å². The van der Waals surface area contributed by atoms with Crippen LogP contribution in [0.1, 0.15) is 70.5 Å². The Hall–Kier alpha value is -0.940. The van der Waals surface area contributed by atoms with Crippen LogP contribution >= 0.6 is 0 Å². The molecule has 1 aliphatic carbocycles. The maximum Gasteiger partial charge on any atom is 0.231 e. The quantitative estimate of drug-likeness (QED) is 0.887. The van der Waals surface area contributed by atoms with Crippen molar-refractivity contribution in [2.75, 3.05) is 6.61 Å². The van der Waals surface area contributed by atoms with E-state index in [0.717, 1.165) is 25.7 Å². The van der Waals surface area contributed by atoms with Gasteiger partial charge in [0, 0.05) is 12.6 Å². The van der Waals surface area contributed by atoms with Gasteiger partial charge in [-0.2, -0.15) is 4.98 Å². The molecule has 0 saturated heterocycles. The van der Waals surface area contributed by atoms with Gasteiger partial charge in [0.05, 0.1) is 5.92 Å². The normalized spacial score (nSPS) is 22.1. The molecule has 1 saturated carbocycles. The minimum absolute atomic E-state index is 0.00250. The van der Waals surface area contributed by atoms with Crippen molar-refractivity contribution in [3.05, 3.63) is 11.7 Å². The largest absolute Gasteiger partial charge is 0.367 e. The molecule has 1 aromatic rings. The van der Waals surface area contributed by atoms with Crippen LogP contribution in [-0.2, 0) is 10.3 Å². The molecule has 108 valence electrons. The first-order chi connectivity index (χ1) is 9.09. The molecule has 2 N–H and O–H groups in total. The molecule has 0 spiro atoms. The van der Waals surface area contributed by atoms with Crippen LogP contribution in [0, 0.1) is 0 Å². The summed E-state index contributed by atoms with van der Waals surface area (Å²) in [5.74, 6) is 1.40. The van der Waals surface area contributed by atoms with Crippen molar-refractivity contribution >= 4 is 0 Å². The van der Waals surface area contributed by atoms with Crippen LogP contribution in [0.2, 0.25) is 0 Å². The molecule has 2 atom stereocenters. The summed E-state index contributed by atoms with van der Waals surface area (Å²) in [5.41, 5.74) is 5.55.